The summed E-state index contributed by atoms with van der Waals surface area (Å²) in [6, 6.07) is 12.7. The molecule has 0 aromatic heterocycles. The van der Waals surface area contributed by atoms with Gasteiger partial charge in [-0.25, -0.2) is 0 Å². The number of halogens is 1. The zero-order valence-electron chi connectivity index (χ0n) is 17.3. The molecule has 6 nitrogen and oxygen atoms in total. The minimum absolute atomic E-state index is 0.0545. The van der Waals surface area contributed by atoms with Gasteiger partial charge in [-0.3, -0.25) is 14.9 Å². The number of benzene rings is 2. The Labute approximate surface area is 181 Å². The van der Waals surface area contributed by atoms with Crippen LogP contribution in [0.2, 0.25) is 5.02 Å². The van der Waals surface area contributed by atoms with Gasteiger partial charge in [-0.05, 0) is 43.0 Å². The summed E-state index contributed by atoms with van der Waals surface area (Å²) in [5.74, 6) is -0.0419. The number of hydrogen-bond acceptors (Lipinski definition) is 4. The lowest BCUT2D eigenvalue weighted by Gasteiger charge is -2.29. The average Bonchev–Trinajstić information content (AvgIpc) is 3.20. The molecule has 0 unspecified atom stereocenters. The average molecular weight is 428 g/mol. The van der Waals surface area contributed by atoms with Gasteiger partial charge in [0.25, 0.3) is 0 Å². The molecule has 1 spiro atoms. The summed E-state index contributed by atoms with van der Waals surface area (Å²) in [7, 11) is 1.54. The molecule has 1 fully saturated rings. The maximum absolute atomic E-state index is 13.5. The number of para-hydroxylation sites is 1. The molecule has 2 aliphatic rings. The number of amides is 2. The van der Waals surface area contributed by atoms with Crippen molar-refractivity contribution in [2.75, 3.05) is 17.7 Å². The first-order valence-electron chi connectivity index (χ1n) is 10.2. The molecule has 2 heterocycles. The summed E-state index contributed by atoms with van der Waals surface area (Å²) in [4.78, 5) is 26.7. The van der Waals surface area contributed by atoms with Crippen molar-refractivity contribution in [2.24, 2.45) is 11.8 Å². The molecule has 2 aromatic carbocycles. The fraction of sp³-hybridized carbons (Fsp3) is 0.391. The van der Waals surface area contributed by atoms with Crippen LogP contribution in [-0.2, 0) is 15.1 Å². The number of fused-ring (bicyclic) bond motifs is 2. The normalized spacial score (nSPS) is 24.8. The maximum atomic E-state index is 13.5. The van der Waals surface area contributed by atoms with Crippen LogP contribution in [0, 0.1) is 11.8 Å². The molecule has 2 aliphatic heterocycles. The van der Waals surface area contributed by atoms with Crippen LogP contribution < -0.4 is 20.7 Å². The summed E-state index contributed by atoms with van der Waals surface area (Å²) < 4.78 is 5.36. The second kappa shape index (κ2) is 7.93. The molecule has 30 heavy (non-hydrogen) atoms. The van der Waals surface area contributed by atoms with Crippen LogP contribution in [0.3, 0.4) is 0 Å². The quantitative estimate of drug-likeness (QED) is 0.669. The molecule has 158 valence electrons. The van der Waals surface area contributed by atoms with Crippen molar-refractivity contribution >= 4 is 34.8 Å². The van der Waals surface area contributed by atoms with E-state index in [1.807, 2.05) is 24.3 Å². The molecule has 0 saturated carbocycles. The van der Waals surface area contributed by atoms with Crippen LogP contribution in [0.5, 0.6) is 5.75 Å². The minimum Gasteiger partial charge on any atom is -0.495 e. The highest BCUT2D eigenvalue weighted by molar-refractivity contribution is 6.31. The summed E-state index contributed by atoms with van der Waals surface area (Å²) in [6.07, 6.45) is 1.44. The van der Waals surface area contributed by atoms with Crippen LogP contribution in [0.25, 0.3) is 0 Å². The first-order chi connectivity index (χ1) is 14.3. The van der Waals surface area contributed by atoms with Crippen molar-refractivity contribution in [3.8, 4) is 5.75 Å². The molecular weight excluding hydrogens is 402 g/mol. The Balaban J connectivity index is 1.72. The molecule has 0 radical (unpaired) electrons. The first-order valence-corrected chi connectivity index (χ1v) is 10.6. The number of nitrogens with one attached hydrogen (secondary N) is 3. The zero-order chi connectivity index (χ0) is 21.5. The van der Waals surface area contributed by atoms with Gasteiger partial charge in [0, 0.05) is 22.3 Å². The molecule has 1 saturated heterocycles. The monoisotopic (exact) mass is 427 g/mol. The SMILES string of the molecule is COc1ccc(Cl)cc1NC(=O)[C@@H]1C[C@@H](CC(C)C)N[C@]12C(=O)Nc1ccccc12. The van der Waals surface area contributed by atoms with Gasteiger partial charge in [-0.1, -0.05) is 43.6 Å². The lowest BCUT2D eigenvalue weighted by molar-refractivity contribution is -0.130. The number of hydrogen-bond donors (Lipinski definition) is 3. The van der Waals surface area contributed by atoms with E-state index in [0.29, 0.717) is 28.8 Å². The number of methoxy groups -OCH3 is 1. The number of carbonyl (C=O) groups is 2. The summed E-state index contributed by atoms with van der Waals surface area (Å²) in [5, 5.41) is 9.93. The van der Waals surface area contributed by atoms with Crippen LogP contribution in [0.1, 0.15) is 32.3 Å². The van der Waals surface area contributed by atoms with E-state index in [2.05, 4.69) is 29.8 Å². The first kappa shape index (κ1) is 20.7. The fourth-order valence-electron chi connectivity index (χ4n) is 4.74. The maximum Gasteiger partial charge on any atom is 0.250 e. The van der Waals surface area contributed by atoms with Crippen molar-refractivity contribution < 1.29 is 14.3 Å². The Bertz CT molecular complexity index is 993. The van der Waals surface area contributed by atoms with Gasteiger partial charge in [0.05, 0.1) is 18.7 Å². The van der Waals surface area contributed by atoms with Crippen molar-refractivity contribution in [1.82, 2.24) is 5.32 Å². The standard InChI is InChI=1S/C23H26ClN3O3/c1-13(2)10-15-12-17(21(28)25-19-11-14(24)8-9-20(19)30-3)23(27-15)16-6-4-5-7-18(16)26-22(23)29/h4-9,11,13,15,17,27H,10,12H2,1-3H3,(H,25,28)(H,26,29)/t15-,17+,23+/m1/s1. The molecule has 0 bridgehead atoms. The second-order valence-electron chi connectivity index (χ2n) is 8.40. The largest absolute Gasteiger partial charge is 0.495 e. The molecule has 7 heteroatoms. The summed E-state index contributed by atoms with van der Waals surface area (Å²) in [5.41, 5.74) is 0.966. The van der Waals surface area contributed by atoms with Gasteiger partial charge >= 0.3 is 0 Å². The second-order valence-corrected chi connectivity index (χ2v) is 8.84. The van der Waals surface area contributed by atoms with Gasteiger partial charge in [0.2, 0.25) is 11.8 Å². The van der Waals surface area contributed by atoms with Crippen LogP contribution in [-0.4, -0.2) is 25.0 Å². The number of anilines is 2. The van der Waals surface area contributed by atoms with Gasteiger partial charge in [-0.15, -0.1) is 0 Å². The molecule has 3 N–H and O–H groups in total. The van der Waals surface area contributed by atoms with Crippen LogP contribution in [0.4, 0.5) is 11.4 Å². The number of carbonyl (C=O) groups excluding carboxylic acids is 2. The predicted octanol–water partition coefficient (Wildman–Crippen LogP) is 4.16. The van der Waals surface area contributed by atoms with E-state index in [-0.39, 0.29) is 17.9 Å². The van der Waals surface area contributed by atoms with E-state index in [1.54, 1.807) is 18.2 Å². The smallest absolute Gasteiger partial charge is 0.250 e. The van der Waals surface area contributed by atoms with Crippen LogP contribution in [0.15, 0.2) is 42.5 Å². The number of rotatable bonds is 5. The molecular formula is C23H26ClN3O3. The Morgan fingerprint density at radius 2 is 2.07 bits per heavy atom. The highest BCUT2D eigenvalue weighted by Crippen LogP contribution is 2.48. The summed E-state index contributed by atoms with van der Waals surface area (Å²) >= 11 is 6.12. The Morgan fingerprint density at radius 3 is 2.80 bits per heavy atom. The highest BCUT2D eigenvalue weighted by atomic mass is 35.5. The van der Waals surface area contributed by atoms with Gasteiger partial charge in [0.15, 0.2) is 0 Å². The Kier molecular flexibility index (Phi) is 5.47. The van der Waals surface area contributed by atoms with Crippen molar-refractivity contribution in [3.05, 3.63) is 53.1 Å². The zero-order valence-corrected chi connectivity index (χ0v) is 18.0. The lowest BCUT2D eigenvalue weighted by Crippen LogP contribution is -2.52. The number of ether oxygens (including phenoxy) is 1. The highest BCUT2D eigenvalue weighted by Gasteiger charge is 2.60. The van der Waals surface area contributed by atoms with E-state index in [9.17, 15) is 9.59 Å². The fourth-order valence-corrected chi connectivity index (χ4v) is 4.91. The molecule has 2 amide bonds. The van der Waals surface area contributed by atoms with Crippen molar-refractivity contribution in [2.45, 2.75) is 38.3 Å². The third-order valence-corrected chi connectivity index (χ3v) is 6.16. The van der Waals surface area contributed by atoms with Gasteiger partial charge in [-0.2, -0.15) is 0 Å². The Hall–Kier alpha value is -2.57. The molecule has 4 rings (SSSR count). The Morgan fingerprint density at radius 1 is 1.30 bits per heavy atom. The van der Waals surface area contributed by atoms with E-state index >= 15 is 0 Å². The van der Waals surface area contributed by atoms with E-state index in [4.69, 9.17) is 16.3 Å². The lowest BCUT2D eigenvalue weighted by atomic mass is 9.79. The minimum atomic E-state index is -1.09. The third-order valence-electron chi connectivity index (χ3n) is 5.92. The van der Waals surface area contributed by atoms with Gasteiger partial charge in [0.1, 0.15) is 11.3 Å². The van der Waals surface area contributed by atoms with E-state index in [1.165, 1.54) is 7.11 Å². The topological polar surface area (TPSA) is 79.5 Å². The van der Waals surface area contributed by atoms with E-state index < -0.39 is 11.5 Å². The van der Waals surface area contributed by atoms with Crippen molar-refractivity contribution in [1.29, 1.82) is 0 Å². The van der Waals surface area contributed by atoms with Crippen molar-refractivity contribution in [3.63, 3.8) is 0 Å². The van der Waals surface area contributed by atoms with Crippen LogP contribution >= 0.6 is 11.6 Å². The predicted molar refractivity (Wildman–Crippen MR) is 118 cm³/mol. The van der Waals surface area contributed by atoms with E-state index in [0.717, 1.165) is 17.7 Å². The van der Waals surface area contributed by atoms with Gasteiger partial charge < -0.3 is 15.4 Å². The molecule has 2 aromatic rings. The summed E-state index contributed by atoms with van der Waals surface area (Å²) in [6.45, 7) is 4.28. The molecule has 0 aliphatic carbocycles. The third kappa shape index (κ3) is 3.44. The molecule has 3 atom stereocenters.